The molecule has 1 atom stereocenters. The maximum atomic E-state index is 11.3. The smallest absolute Gasteiger partial charge is 0.354 e. The molecule has 4 heteroatoms. The number of esters is 1. The molecule has 14 heavy (non-hydrogen) atoms. The van der Waals surface area contributed by atoms with E-state index in [2.05, 4.69) is 4.74 Å². The lowest BCUT2D eigenvalue weighted by molar-refractivity contribution is 0.0590. The van der Waals surface area contributed by atoms with Crippen molar-refractivity contribution in [3.8, 4) is 0 Å². The standard InChI is InChI=1S/C10H16N2O2/c1-7(11)4-8-5-9(10(13)14-3)12(2)6-8/h5-7H,4,11H2,1-3H3. The monoisotopic (exact) mass is 196 g/mol. The zero-order valence-electron chi connectivity index (χ0n) is 8.78. The predicted octanol–water partition coefficient (Wildman–Crippen LogP) is 0.701. The highest BCUT2D eigenvalue weighted by Crippen LogP contribution is 2.10. The summed E-state index contributed by atoms with van der Waals surface area (Å²) in [5, 5.41) is 0. The van der Waals surface area contributed by atoms with Crippen molar-refractivity contribution in [1.29, 1.82) is 0 Å². The number of ether oxygens (including phenoxy) is 1. The quantitative estimate of drug-likeness (QED) is 0.724. The van der Waals surface area contributed by atoms with Crippen LogP contribution in [0.1, 0.15) is 23.0 Å². The largest absolute Gasteiger partial charge is 0.464 e. The van der Waals surface area contributed by atoms with Crippen LogP contribution in [0, 0.1) is 0 Å². The molecule has 0 radical (unpaired) electrons. The Morgan fingerprint density at radius 2 is 2.36 bits per heavy atom. The van der Waals surface area contributed by atoms with Crippen LogP contribution in [0.3, 0.4) is 0 Å². The van der Waals surface area contributed by atoms with Crippen LogP contribution in [-0.4, -0.2) is 23.7 Å². The normalized spacial score (nSPS) is 12.6. The van der Waals surface area contributed by atoms with Crippen molar-refractivity contribution in [2.75, 3.05) is 7.11 Å². The molecule has 1 aromatic rings. The Morgan fingerprint density at radius 1 is 1.71 bits per heavy atom. The molecule has 0 aliphatic rings. The van der Waals surface area contributed by atoms with Gasteiger partial charge in [0, 0.05) is 19.3 Å². The molecular weight excluding hydrogens is 180 g/mol. The van der Waals surface area contributed by atoms with Gasteiger partial charge in [-0.25, -0.2) is 4.79 Å². The molecule has 1 unspecified atom stereocenters. The van der Waals surface area contributed by atoms with Crippen molar-refractivity contribution >= 4 is 5.97 Å². The van der Waals surface area contributed by atoms with E-state index in [1.54, 1.807) is 4.57 Å². The van der Waals surface area contributed by atoms with Gasteiger partial charge in [0.05, 0.1) is 7.11 Å². The number of hydrogen-bond acceptors (Lipinski definition) is 3. The average molecular weight is 196 g/mol. The van der Waals surface area contributed by atoms with Gasteiger partial charge in [0.15, 0.2) is 0 Å². The predicted molar refractivity (Wildman–Crippen MR) is 54.1 cm³/mol. The van der Waals surface area contributed by atoms with Crippen LogP contribution >= 0.6 is 0 Å². The fourth-order valence-corrected chi connectivity index (χ4v) is 1.42. The molecular formula is C10H16N2O2. The zero-order valence-corrected chi connectivity index (χ0v) is 8.78. The molecule has 0 fully saturated rings. The summed E-state index contributed by atoms with van der Waals surface area (Å²) in [5.41, 5.74) is 7.28. The van der Waals surface area contributed by atoms with Gasteiger partial charge in [-0.15, -0.1) is 0 Å². The number of hydrogen-bond donors (Lipinski definition) is 1. The van der Waals surface area contributed by atoms with Gasteiger partial charge in [0.2, 0.25) is 0 Å². The summed E-state index contributed by atoms with van der Waals surface area (Å²) in [6.45, 7) is 1.94. The van der Waals surface area contributed by atoms with Crippen molar-refractivity contribution in [2.45, 2.75) is 19.4 Å². The van der Waals surface area contributed by atoms with Crippen LogP contribution in [0.25, 0.3) is 0 Å². The molecule has 4 nitrogen and oxygen atoms in total. The van der Waals surface area contributed by atoms with Gasteiger partial charge in [-0.2, -0.15) is 0 Å². The first-order valence-corrected chi connectivity index (χ1v) is 4.53. The second kappa shape index (κ2) is 4.28. The molecule has 1 heterocycles. The van der Waals surface area contributed by atoms with Gasteiger partial charge in [-0.05, 0) is 25.0 Å². The SMILES string of the molecule is COC(=O)c1cc(CC(C)N)cn1C. The number of aryl methyl sites for hydroxylation is 1. The molecule has 0 aromatic carbocycles. The minimum atomic E-state index is -0.316. The van der Waals surface area contributed by atoms with Crippen molar-refractivity contribution in [3.05, 3.63) is 23.5 Å². The van der Waals surface area contributed by atoms with E-state index < -0.39 is 0 Å². The van der Waals surface area contributed by atoms with E-state index >= 15 is 0 Å². The summed E-state index contributed by atoms with van der Waals surface area (Å²) in [6, 6.07) is 1.91. The van der Waals surface area contributed by atoms with E-state index in [1.165, 1.54) is 7.11 Å². The maximum Gasteiger partial charge on any atom is 0.354 e. The number of nitrogens with two attached hydrogens (primary N) is 1. The van der Waals surface area contributed by atoms with Crippen LogP contribution in [0.5, 0.6) is 0 Å². The minimum Gasteiger partial charge on any atom is -0.464 e. The lowest BCUT2D eigenvalue weighted by Gasteiger charge is -2.00. The Bertz CT molecular complexity index is 329. The maximum absolute atomic E-state index is 11.3. The Balaban J connectivity index is 2.87. The minimum absolute atomic E-state index is 0.0999. The molecule has 2 N–H and O–H groups in total. The van der Waals surface area contributed by atoms with E-state index in [9.17, 15) is 4.79 Å². The molecule has 78 valence electrons. The van der Waals surface area contributed by atoms with Crippen molar-refractivity contribution in [3.63, 3.8) is 0 Å². The second-order valence-corrected chi connectivity index (χ2v) is 3.52. The van der Waals surface area contributed by atoms with Crippen LogP contribution in [0.15, 0.2) is 12.3 Å². The number of methoxy groups -OCH3 is 1. The van der Waals surface area contributed by atoms with Gasteiger partial charge in [-0.3, -0.25) is 0 Å². The van der Waals surface area contributed by atoms with Crippen LogP contribution in [-0.2, 0) is 18.2 Å². The summed E-state index contributed by atoms with van der Waals surface area (Å²) >= 11 is 0. The van der Waals surface area contributed by atoms with Gasteiger partial charge >= 0.3 is 5.97 Å². The average Bonchev–Trinajstić information content (AvgIpc) is 2.44. The first-order valence-electron chi connectivity index (χ1n) is 4.53. The third kappa shape index (κ3) is 2.35. The third-order valence-corrected chi connectivity index (χ3v) is 2.01. The fraction of sp³-hybridized carbons (Fsp3) is 0.500. The van der Waals surface area contributed by atoms with Crippen LogP contribution in [0.2, 0.25) is 0 Å². The first kappa shape index (κ1) is 10.8. The number of carbonyl (C=O) groups excluding carboxylic acids is 1. The highest BCUT2D eigenvalue weighted by molar-refractivity contribution is 5.87. The van der Waals surface area contributed by atoms with Gasteiger partial charge in [0.25, 0.3) is 0 Å². The van der Waals surface area contributed by atoms with Gasteiger partial charge in [0.1, 0.15) is 5.69 Å². The lowest BCUT2D eigenvalue weighted by Crippen LogP contribution is -2.17. The highest BCUT2D eigenvalue weighted by atomic mass is 16.5. The van der Waals surface area contributed by atoms with E-state index in [-0.39, 0.29) is 12.0 Å². The molecule has 0 saturated heterocycles. The second-order valence-electron chi connectivity index (χ2n) is 3.52. The van der Waals surface area contributed by atoms with E-state index in [0.717, 1.165) is 12.0 Å². The summed E-state index contributed by atoms with van der Waals surface area (Å²) in [5.74, 6) is -0.316. The molecule has 0 aliphatic heterocycles. The third-order valence-electron chi connectivity index (χ3n) is 2.01. The van der Waals surface area contributed by atoms with Crippen molar-refractivity contribution in [2.24, 2.45) is 12.8 Å². The summed E-state index contributed by atoms with van der Waals surface area (Å²) < 4.78 is 6.40. The summed E-state index contributed by atoms with van der Waals surface area (Å²) in [7, 11) is 3.19. The van der Waals surface area contributed by atoms with E-state index in [1.807, 2.05) is 26.2 Å². The zero-order chi connectivity index (χ0) is 10.7. The molecule has 0 saturated carbocycles. The highest BCUT2D eigenvalue weighted by Gasteiger charge is 2.12. The number of nitrogens with zero attached hydrogens (tertiary/aromatic N) is 1. The number of rotatable bonds is 3. The van der Waals surface area contributed by atoms with Crippen molar-refractivity contribution in [1.82, 2.24) is 4.57 Å². The van der Waals surface area contributed by atoms with E-state index in [0.29, 0.717) is 5.69 Å². The molecule has 0 aliphatic carbocycles. The fourth-order valence-electron chi connectivity index (χ4n) is 1.42. The van der Waals surface area contributed by atoms with Crippen molar-refractivity contribution < 1.29 is 9.53 Å². The molecule has 1 rings (SSSR count). The van der Waals surface area contributed by atoms with E-state index in [4.69, 9.17) is 5.73 Å². The summed E-state index contributed by atoms with van der Waals surface area (Å²) in [4.78, 5) is 11.3. The Kier molecular flexibility index (Phi) is 3.30. The molecule has 0 amide bonds. The Labute approximate surface area is 83.7 Å². The lowest BCUT2D eigenvalue weighted by atomic mass is 10.1. The van der Waals surface area contributed by atoms with Gasteiger partial charge in [-0.1, -0.05) is 0 Å². The number of carbonyl (C=O) groups is 1. The Morgan fingerprint density at radius 3 is 2.86 bits per heavy atom. The molecule has 1 aromatic heterocycles. The molecule has 0 spiro atoms. The first-order chi connectivity index (χ1) is 6.54. The Hall–Kier alpha value is -1.29. The topological polar surface area (TPSA) is 57.2 Å². The van der Waals surface area contributed by atoms with Crippen LogP contribution < -0.4 is 5.73 Å². The van der Waals surface area contributed by atoms with Gasteiger partial charge < -0.3 is 15.0 Å². The van der Waals surface area contributed by atoms with Crippen LogP contribution in [0.4, 0.5) is 0 Å². The number of aromatic nitrogens is 1. The molecule has 0 bridgehead atoms. The summed E-state index contributed by atoms with van der Waals surface area (Å²) in [6.07, 6.45) is 2.67.